The molecule has 2 rings (SSSR count). The molecule has 0 bridgehead atoms. The summed E-state index contributed by atoms with van der Waals surface area (Å²) in [6.45, 7) is 6.87. The molecule has 6 nitrogen and oxygen atoms in total. The molecule has 0 spiro atoms. The first-order valence-electron chi connectivity index (χ1n) is 8.77. The SMILES string of the molecule is CC1CCCC(C)N1CCNC(=O)C1CCCN(S(C)(=O)=O)C1. The molecule has 2 aliphatic heterocycles. The van der Waals surface area contributed by atoms with E-state index in [-0.39, 0.29) is 11.8 Å². The number of carbonyl (C=O) groups excluding carboxylic acids is 1. The zero-order valence-corrected chi connectivity index (χ0v) is 15.4. The van der Waals surface area contributed by atoms with Gasteiger partial charge in [-0.25, -0.2) is 12.7 Å². The lowest BCUT2D eigenvalue weighted by Crippen LogP contribution is -2.49. The summed E-state index contributed by atoms with van der Waals surface area (Å²) < 4.78 is 24.7. The number of nitrogens with zero attached hydrogens (tertiary/aromatic N) is 2. The average molecular weight is 346 g/mol. The highest BCUT2D eigenvalue weighted by molar-refractivity contribution is 7.88. The summed E-state index contributed by atoms with van der Waals surface area (Å²) in [6.07, 6.45) is 6.48. The second kappa shape index (κ2) is 7.94. The Bertz CT molecular complexity index is 499. The van der Waals surface area contributed by atoms with Gasteiger partial charge in [0.15, 0.2) is 0 Å². The van der Waals surface area contributed by atoms with E-state index in [4.69, 9.17) is 0 Å². The van der Waals surface area contributed by atoms with Crippen LogP contribution in [0, 0.1) is 5.92 Å². The van der Waals surface area contributed by atoms with Crippen molar-refractivity contribution in [1.82, 2.24) is 14.5 Å². The van der Waals surface area contributed by atoms with Crippen molar-refractivity contribution in [3.8, 4) is 0 Å². The number of sulfonamides is 1. The van der Waals surface area contributed by atoms with Gasteiger partial charge >= 0.3 is 0 Å². The molecule has 0 aromatic carbocycles. The van der Waals surface area contributed by atoms with Gasteiger partial charge in [0.05, 0.1) is 12.2 Å². The highest BCUT2D eigenvalue weighted by Gasteiger charge is 2.30. The van der Waals surface area contributed by atoms with Crippen molar-refractivity contribution in [2.24, 2.45) is 5.92 Å². The standard InChI is InChI=1S/C16H31N3O3S/c1-13-6-4-7-14(2)19(13)11-9-17-16(20)15-8-5-10-18(12-15)23(3,21)22/h13-15H,4-12H2,1-3H3,(H,17,20). The van der Waals surface area contributed by atoms with Crippen LogP contribution in [0.3, 0.4) is 0 Å². The minimum absolute atomic E-state index is 0.00401. The average Bonchev–Trinajstić information content (AvgIpc) is 2.49. The van der Waals surface area contributed by atoms with Crippen molar-refractivity contribution in [2.45, 2.75) is 58.0 Å². The van der Waals surface area contributed by atoms with Crippen molar-refractivity contribution < 1.29 is 13.2 Å². The lowest BCUT2D eigenvalue weighted by molar-refractivity contribution is -0.126. The molecular formula is C16H31N3O3S. The Balaban J connectivity index is 1.78. The van der Waals surface area contributed by atoms with E-state index in [1.165, 1.54) is 29.8 Å². The van der Waals surface area contributed by atoms with Crippen LogP contribution in [-0.4, -0.2) is 68.0 Å². The first kappa shape index (κ1) is 18.7. The van der Waals surface area contributed by atoms with Gasteiger partial charge in [-0.05, 0) is 39.5 Å². The molecule has 2 aliphatic rings. The molecule has 1 amide bonds. The summed E-state index contributed by atoms with van der Waals surface area (Å²) in [5, 5.41) is 3.01. The van der Waals surface area contributed by atoms with Crippen molar-refractivity contribution in [3.63, 3.8) is 0 Å². The van der Waals surface area contributed by atoms with Gasteiger partial charge in [0.25, 0.3) is 0 Å². The van der Waals surface area contributed by atoms with Crippen LogP contribution in [0.2, 0.25) is 0 Å². The molecule has 2 heterocycles. The summed E-state index contributed by atoms with van der Waals surface area (Å²) in [4.78, 5) is 14.8. The van der Waals surface area contributed by atoms with Gasteiger partial charge in [0.2, 0.25) is 15.9 Å². The number of hydrogen-bond acceptors (Lipinski definition) is 4. The maximum Gasteiger partial charge on any atom is 0.224 e. The third kappa shape index (κ3) is 5.16. The minimum atomic E-state index is -3.20. The third-order valence-electron chi connectivity index (χ3n) is 5.27. The van der Waals surface area contributed by atoms with Crippen molar-refractivity contribution in [3.05, 3.63) is 0 Å². The van der Waals surface area contributed by atoms with Gasteiger partial charge in [0, 0.05) is 38.3 Å². The van der Waals surface area contributed by atoms with Crippen LogP contribution in [0.4, 0.5) is 0 Å². The Morgan fingerprint density at radius 2 is 1.78 bits per heavy atom. The van der Waals surface area contributed by atoms with Gasteiger partial charge < -0.3 is 5.32 Å². The summed E-state index contributed by atoms with van der Waals surface area (Å²) in [5.74, 6) is -0.217. The Morgan fingerprint density at radius 1 is 1.13 bits per heavy atom. The lowest BCUT2D eigenvalue weighted by atomic mass is 9.97. The van der Waals surface area contributed by atoms with Crippen LogP contribution >= 0.6 is 0 Å². The van der Waals surface area contributed by atoms with E-state index in [1.54, 1.807) is 0 Å². The van der Waals surface area contributed by atoms with Crippen molar-refractivity contribution >= 4 is 15.9 Å². The maximum absolute atomic E-state index is 12.3. The number of piperidine rings is 2. The van der Waals surface area contributed by atoms with Crippen LogP contribution in [0.1, 0.15) is 46.0 Å². The lowest BCUT2D eigenvalue weighted by Gasteiger charge is -2.39. The summed E-state index contributed by atoms with van der Waals surface area (Å²) in [6, 6.07) is 1.15. The molecule has 0 radical (unpaired) electrons. The fraction of sp³-hybridized carbons (Fsp3) is 0.938. The molecule has 1 N–H and O–H groups in total. The van der Waals surface area contributed by atoms with Crippen LogP contribution < -0.4 is 5.32 Å². The predicted octanol–water partition coefficient (Wildman–Crippen LogP) is 1.04. The zero-order valence-electron chi connectivity index (χ0n) is 14.6. The molecule has 2 saturated heterocycles. The monoisotopic (exact) mass is 345 g/mol. The number of carbonyl (C=O) groups is 1. The highest BCUT2D eigenvalue weighted by Crippen LogP contribution is 2.22. The Hall–Kier alpha value is -0.660. The van der Waals surface area contributed by atoms with E-state index in [0.717, 1.165) is 19.4 Å². The number of hydrogen-bond donors (Lipinski definition) is 1. The van der Waals surface area contributed by atoms with E-state index in [9.17, 15) is 13.2 Å². The Morgan fingerprint density at radius 3 is 2.39 bits per heavy atom. The van der Waals surface area contributed by atoms with E-state index < -0.39 is 10.0 Å². The van der Waals surface area contributed by atoms with Crippen LogP contribution in [0.25, 0.3) is 0 Å². The first-order valence-corrected chi connectivity index (χ1v) is 10.6. The first-order chi connectivity index (χ1) is 10.8. The summed E-state index contributed by atoms with van der Waals surface area (Å²) in [5.41, 5.74) is 0. The van der Waals surface area contributed by atoms with Crippen LogP contribution in [0.15, 0.2) is 0 Å². The largest absolute Gasteiger partial charge is 0.355 e. The molecule has 3 atom stereocenters. The van der Waals surface area contributed by atoms with Gasteiger partial charge in [-0.3, -0.25) is 9.69 Å². The molecule has 0 aromatic rings. The maximum atomic E-state index is 12.3. The predicted molar refractivity (Wildman–Crippen MR) is 91.6 cm³/mol. The summed E-state index contributed by atoms with van der Waals surface area (Å²) in [7, 11) is -3.20. The van der Waals surface area contributed by atoms with Crippen molar-refractivity contribution in [1.29, 1.82) is 0 Å². The topological polar surface area (TPSA) is 69.7 Å². The molecule has 134 valence electrons. The quantitative estimate of drug-likeness (QED) is 0.808. The Labute approximate surface area is 140 Å². The molecule has 0 aliphatic carbocycles. The number of likely N-dealkylation sites (tertiary alicyclic amines) is 1. The van der Waals surface area contributed by atoms with Gasteiger partial charge in [-0.2, -0.15) is 0 Å². The van der Waals surface area contributed by atoms with Crippen molar-refractivity contribution in [2.75, 3.05) is 32.4 Å². The molecule has 7 heteroatoms. The smallest absolute Gasteiger partial charge is 0.224 e. The number of amides is 1. The molecule has 0 saturated carbocycles. The van der Waals surface area contributed by atoms with E-state index in [0.29, 0.717) is 31.7 Å². The van der Waals surface area contributed by atoms with Crippen LogP contribution in [-0.2, 0) is 14.8 Å². The van der Waals surface area contributed by atoms with Gasteiger partial charge in [-0.1, -0.05) is 6.42 Å². The van der Waals surface area contributed by atoms with E-state index in [2.05, 4.69) is 24.1 Å². The van der Waals surface area contributed by atoms with Gasteiger partial charge in [-0.15, -0.1) is 0 Å². The molecule has 3 unspecified atom stereocenters. The zero-order chi connectivity index (χ0) is 17.0. The van der Waals surface area contributed by atoms with E-state index >= 15 is 0 Å². The second-order valence-electron chi connectivity index (χ2n) is 7.12. The number of rotatable bonds is 5. The summed E-state index contributed by atoms with van der Waals surface area (Å²) >= 11 is 0. The highest BCUT2D eigenvalue weighted by atomic mass is 32.2. The van der Waals surface area contributed by atoms with Gasteiger partial charge in [0.1, 0.15) is 0 Å². The molecular weight excluding hydrogens is 314 g/mol. The molecule has 23 heavy (non-hydrogen) atoms. The minimum Gasteiger partial charge on any atom is -0.355 e. The van der Waals surface area contributed by atoms with E-state index in [1.807, 2.05) is 0 Å². The third-order valence-corrected chi connectivity index (χ3v) is 6.54. The Kier molecular flexibility index (Phi) is 6.45. The normalized spacial score (nSPS) is 31.0. The number of nitrogens with one attached hydrogen (secondary N) is 1. The second-order valence-corrected chi connectivity index (χ2v) is 9.10. The van der Waals surface area contributed by atoms with Crippen LogP contribution in [0.5, 0.6) is 0 Å². The fourth-order valence-corrected chi connectivity index (χ4v) is 4.74. The molecule has 0 aromatic heterocycles. The fourth-order valence-electron chi connectivity index (χ4n) is 3.83. The molecule has 2 fully saturated rings.